The Bertz CT molecular complexity index is 639. The molecule has 0 unspecified atom stereocenters. The van der Waals surface area contributed by atoms with Gasteiger partial charge in [0.15, 0.2) is 5.78 Å². The van der Waals surface area contributed by atoms with E-state index in [4.69, 9.17) is 4.74 Å². The zero-order valence-electron chi connectivity index (χ0n) is 11.2. The van der Waals surface area contributed by atoms with Crippen molar-refractivity contribution in [3.05, 3.63) is 63.4 Å². The van der Waals surface area contributed by atoms with E-state index in [0.29, 0.717) is 22.4 Å². The van der Waals surface area contributed by atoms with Crippen molar-refractivity contribution in [2.45, 2.75) is 20.5 Å². The molecule has 4 heteroatoms. The lowest BCUT2D eigenvalue weighted by molar-refractivity contribution is 0.101. The molecule has 0 heterocycles. The molecule has 0 radical (unpaired) electrons. The third-order valence-corrected chi connectivity index (χ3v) is 3.60. The molecular weight excluding hydrogens is 323 g/mol. The Balaban J connectivity index is 2.36. The third-order valence-electron chi connectivity index (χ3n) is 3.01. The first-order valence-electron chi connectivity index (χ1n) is 6.17. The number of rotatable bonds is 4. The molecule has 0 aliphatic heterocycles. The summed E-state index contributed by atoms with van der Waals surface area (Å²) in [5.41, 5.74) is 1.58. The van der Waals surface area contributed by atoms with E-state index in [-0.39, 0.29) is 11.3 Å². The Hall–Kier alpha value is -1.68. The molecule has 104 valence electrons. The Morgan fingerprint density at radius 3 is 2.55 bits per heavy atom. The summed E-state index contributed by atoms with van der Waals surface area (Å²) >= 11 is 3.26. The monoisotopic (exact) mass is 336 g/mol. The topological polar surface area (TPSA) is 26.3 Å². The van der Waals surface area contributed by atoms with Gasteiger partial charge in [-0.25, -0.2) is 4.39 Å². The number of hydrogen-bond acceptors (Lipinski definition) is 2. The van der Waals surface area contributed by atoms with Gasteiger partial charge in [0.25, 0.3) is 0 Å². The number of carbonyl (C=O) groups is 1. The molecule has 0 aromatic heterocycles. The second-order valence-corrected chi connectivity index (χ2v) is 5.35. The molecule has 0 bridgehead atoms. The summed E-state index contributed by atoms with van der Waals surface area (Å²) < 4.78 is 19.9. The second-order valence-electron chi connectivity index (χ2n) is 4.50. The van der Waals surface area contributed by atoms with Gasteiger partial charge in [0.2, 0.25) is 0 Å². The van der Waals surface area contributed by atoms with Crippen LogP contribution in [-0.2, 0) is 6.61 Å². The van der Waals surface area contributed by atoms with Crippen LogP contribution in [0.5, 0.6) is 5.75 Å². The average molecular weight is 337 g/mol. The highest BCUT2D eigenvalue weighted by Crippen LogP contribution is 2.34. The van der Waals surface area contributed by atoms with Gasteiger partial charge in [-0.05, 0) is 47.0 Å². The van der Waals surface area contributed by atoms with Crippen LogP contribution >= 0.6 is 15.9 Å². The molecule has 0 fully saturated rings. The van der Waals surface area contributed by atoms with Crippen molar-refractivity contribution in [2.24, 2.45) is 0 Å². The van der Waals surface area contributed by atoms with Crippen LogP contribution in [0.3, 0.4) is 0 Å². The zero-order chi connectivity index (χ0) is 14.7. The maximum absolute atomic E-state index is 13.7. The Kier molecular flexibility index (Phi) is 4.55. The molecule has 0 saturated heterocycles. The number of Topliss-reactive ketones (excluding diaryl/α,β-unsaturated/α-hetero) is 1. The maximum atomic E-state index is 13.7. The first-order valence-corrected chi connectivity index (χ1v) is 6.96. The summed E-state index contributed by atoms with van der Waals surface area (Å²) in [6.45, 7) is 3.31. The van der Waals surface area contributed by atoms with Crippen LogP contribution in [0.2, 0.25) is 0 Å². The molecule has 0 N–H and O–H groups in total. The van der Waals surface area contributed by atoms with Crippen molar-refractivity contribution < 1.29 is 13.9 Å². The minimum Gasteiger partial charge on any atom is -0.487 e. The highest BCUT2D eigenvalue weighted by atomic mass is 79.9. The van der Waals surface area contributed by atoms with Gasteiger partial charge in [0, 0.05) is 0 Å². The first-order chi connectivity index (χ1) is 9.50. The van der Waals surface area contributed by atoms with Crippen molar-refractivity contribution >= 4 is 21.7 Å². The van der Waals surface area contributed by atoms with E-state index in [1.165, 1.54) is 13.0 Å². The van der Waals surface area contributed by atoms with E-state index in [9.17, 15) is 9.18 Å². The fraction of sp³-hybridized carbons (Fsp3) is 0.188. The SMILES string of the molecule is CC(=O)c1c(C)c(F)cc(Br)c1OCc1ccccc1. The van der Waals surface area contributed by atoms with E-state index in [0.717, 1.165) is 5.56 Å². The quantitative estimate of drug-likeness (QED) is 0.758. The van der Waals surface area contributed by atoms with E-state index < -0.39 is 5.82 Å². The van der Waals surface area contributed by atoms with E-state index >= 15 is 0 Å². The molecule has 0 saturated carbocycles. The summed E-state index contributed by atoms with van der Waals surface area (Å²) in [6.07, 6.45) is 0. The van der Waals surface area contributed by atoms with Crippen LogP contribution < -0.4 is 4.74 Å². The number of ketones is 1. The minimum absolute atomic E-state index is 0.217. The van der Waals surface area contributed by atoms with Gasteiger partial charge in [-0.15, -0.1) is 0 Å². The summed E-state index contributed by atoms with van der Waals surface area (Å²) in [5, 5.41) is 0. The highest BCUT2D eigenvalue weighted by Gasteiger charge is 2.19. The molecule has 2 nitrogen and oxygen atoms in total. The Labute approximate surface area is 125 Å². The van der Waals surface area contributed by atoms with Gasteiger partial charge in [0.1, 0.15) is 18.2 Å². The fourth-order valence-electron chi connectivity index (χ4n) is 1.99. The Morgan fingerprint density at radius 1 is 1.30 bits per heavy atom. The average Bonchev–Trinajstić information content (AvgIpc) is 2.42. The van der Waals surface area contributed by atoms with Crippen molar-refractivity contribution in [1.82, 2.24) is 0 Å². The summed E-state index contributed by atoms with van der Waals surface area (Å²) in [6, 6.07) is 10.9. The van der Waals surface area contributed by atoms with Crippen LogP contribution in [0.4, 0.5) is 4.39 Å². The van der Waals surface area contributed by atoms with Crippen molar-refractivity contribution in [3.8, 4) is 5.75 Å². The van der Waals surface area contributed by atoms with Gasteiger partial charge in [-0.2, -0.15) is 0 Å². The number of carbonyl (C=O) groups excluding carboxylic acids is 1. The highest BCUT2D eigenvalue weighted by molar-refractivity contribution is 9.10. The van der Waals surface area contributed by atoms with Gasteiger partial charge < -0.3 is 4.74 Å². The molecule has 2 aromatic rings. The zero-order valence-corrected chi connectivity index (χ0v) is 12.8. The maximum Gasteiger partial charge on any atom is 0.163 e. The van der Waals surface area contributed by atoms with Crippen LogP contribution in [0.25, 0.3) is 0 Å². The van der Waals surface area contributed by atoms with Gasteiger partial charge in [-0.3, -0.25) is 4.79 Å². The lowest BCUT2D eigenvalue weighted by Gasteiger charge is -2.14. The van der Waals surface area contributed by atoms with Crippen molar-refractivity contribution in [1.29, 1.82) is 0 Å². The molecular formula is C16H14BrFO2. The van der Waals surface area contributed by atoms with Crippen LogP contribution in [0, 0.1) is 12.7 Å². The predicted octanol–water partition coefficient (Wildman–Crippen LogP) is 4.68. The number of benzene rings is 2. The van der Waals surface area contributed by atoms with Crippen LogP contribution in [0.15, 0.2) is 40.9 Å². The second kappa shape index (κ2) is 6.18. The summed E-state index contributed by atoms with van der Waals surface area (Å²) in [5.74, 6) is -0.250. The van der Waals surface area contributed by atoms with E-state index in [2.05, 4.69) is 15.9 Å². The molecule has 2 rings (SSSR count). The van der Waals surface area contributed by atoms with Gasteiger partial charge in [0.05, 0.1) is 10.0 Å². The lowest BCUT2D eigenvalue weighted by atomic mass is 10.0. The molecule has 0 spiro atoms. The molecule has 0 aliphatic rings. The molecule has 0 amide bonds. The van der Waals surface area contributed by atoms with Gasteiger partial charge in [-0.1, -0.05) is 30.3 Å². The van der Waals surface area contributed by atoms with Crippen LogP contribution in [0.1, 0.15) is 28.4 Å². The van der Waals surface area contributed by atoms with Gasteiger partial charge >= 0.3 is 0 Å². The largest absolute Gasteiger partial charge is 0.487 e. The van der Waals surface area contributed by atoms with Crippen molar-refractivity contribution in [2.75, 3.05) is 0 Å². The molecule has 0 aliphatic carbocycles. The lowest BCUT2D eigenvalue weighted by Crippen LogP contribution is -2.06. The number of hydrogen-bond donors (Lipinski definition) is 0. The van der Waals surface area contributed by atoms with E-state index in [1.54, 1.807) is 6.92 Å². The molecule has 0 atom stereocenters. The Morgan fingerprint density at radius 2 is 1.95 bits per heavy atom. The summed E-state index contributed by atoms with van der Waals surface area (Å²) in [7, 11) is 0. The predicted molar refractivity (Wildman–Crippen MR) is 79.6 cm³/mol. The van der Waals surface area contributed by atoms with Crippen molar-refractivity contribution in [3.63, 3.8) is 0 Å². The standard InChI is InChI=1S/C16H14BrFO2/c1-10-14(18)8-13(17)16(15(10)11(2)19)20-9-12-6-4-3-5-7-12/h3-8H,9H2,1-2H3. The molecule has 2 aromatic carbocycles. The fourth-order valence-corrected chi connectivity index (χ4v) is 2.50. The molecule has 20 heavy (non-hydrogen) atoms. The van der Waals surface area contributed by atoms with E-state index in [1.807, 2.05) is 30.3 Å². The number of halogens is 2. The normalized spacial score (nSPS) is 10.4. The third kappa shape index (κ3) is 3.07. The minimum atomic E-state index is -0.422. The first kappa shape index (κ1) is 14.7. The number of ether oxygens (including phenoxy) is 1. The smallest absolute Gasteiger partial charge is 0.163 e. The van der Waals surface area contributed by atoms with Crippen LogP contribution in [-0.4, -0.2) is 5.78 Å². The summed E-state index contributed by atoms with van der Waals surface area (Å²) in [4.78, 5) is 11.7.